The van der Waals surface area contributed by atoms with E-state index >= 15 is 0 Å². The molecule has 1 saturated heterocycles. The third-order valence-electron chi connectivity index (χ3n) is 7.02. The number of carbonyl (C=O) groups excluding carboxylic acids is 2. The van der Waals surface area contributed by atoms with Gasteiger partial charge in [-0.1, -0.05) is 34.6 Å². The van der Waals surface area contributed by atoms with E-state index in [1.54, 1.807) is 14.2 Å². The van der Waals surface area contributed by atoms with E-state index in [0.29, 0.717) is 25.7 Å². The number of hydrogen-bond acceptors (Lipinski definition) is 7. The first kappa shape index (κ1) is 28.2. The Hall–Kier alpha value is -0.803. The molecule has 1 aliphatic rings. The van der Waals surface area contributed by atoms with Gasteiger partial charge in [-0.05, 0) is 36.9 Å². The van der Waals surface area contributed by atoms with Crippen molar-refractivity contribution in [3.05, 3.63) is 0 Å². The van der Waals surface area contributed by atoms with Crippen molar-refractivity contribution in [3.63, 3.8) is 0 Å². The fourth-order valence-electron chi connectivity index (χ4n) is 3.93. The Labute approximate surface area is 189 Å². The molecule has 7 nitrogen and oxygen atoms in total. The zero-order valence-corrected chi connectivity index (χ0v) is 22.2. The number of methoxy groups -OCH3 is 3. The number of hydrogen-bond donors (Lipinski definition) is 0. The molecule has 0 aliphatic carbocycles. The van der Waals surface area contributed by atoms with E-state index in [1.807, 2.05) is 6.92 Å². The first-order valence-corrected chi connectivity index (χ1v) is 14.1. The predicted octanol–water partition coefficient (Wildman–Crippen LogP) is 4.34. The van der Waals surface area contributed by atoms with Gasteiger partial charge in [-0.2, -0.15) is 0 Å². The summed E-state index contributed by atoms with van der Waals surface area (Å²) in [4.78, 5) is 23.5. The van der Waals surface area contributed by atoms with Gasteiger partial charge in [0.15, 0.2) is 14.1 Å². The second-order valence-corrected chi connectivity index (χ2v) is 15.2. The molecule has 1 heterocycles. The average molecular weight is 461 g/mol. The minimum Gasteiger partial charge on any atom is -0.469 e. The van der Waals surface area contributed by atoms with Crippen molar-refractivity contribution < 1.29 is 33.0 Å². The molecular formula is C23H44O7Si. The zero-order valence-electron chi connectivity index (χ0n) is 21.2. The lowest BCUT2D eigenvalue weighted by atomic mass is 9.87. The topological polar surface area (TPSA) is 80.3 Å². The molecule has 0 bridgehead atoms. The highest BCUT2D eigenvalue weighted by molar-refractivity contribution is 6.74. The first-order chi connectivity index (χ1) is 14.2. The minimum absolute atomic E-state index is 0.0422. The predicted molar refractivity (Wildman–Crippen MR) is 122 cm³/mol. The summed E-state index contributed by atoms with van der Waals surface area (Å²) in [7, 11) is 2.52. The molecule has 8 heteroatoms. The van der Waals surface area contributed by atoms with Crippen LogP contribution in [-0.4, -0.2) is 66.0 Å². The van der Waals surface area contributed by atoms with Crippen LogP contribution in [0.2, 0.25) is 18.1 Å². The van der Waals surface area contributed by atoms with E-state index in [1.165, 1.54) is 7.11 Å². The molecule has 0 aromatic heterocycles. The van der Waals surface area contributed by atoms with Crippen LogP contribution < -0.4 is 0 Å². The first-order valence-electron chi connectivity index (χ1n) is 11.2. The molecule has 0 aromatic rings. The van der Waals surface area contributed by atoms with Crippen molar-refractivity contribution in [1.29, 1.82) is 0 Å². The average Bonchev–Trinajstić information content (AvgIpc) is 2.70. The van der Waals surface area contributed by atoms with E-state index < -0.39 is 20.2 Å². The molecule has 1 fully saturated rings. The Morgan fingerprint density at radius 1 is 1.16 bits per heavy atom. The van der Waals surface area contributed by atoms with Crippen LogP contribution in [0.5, 0.6) is 0 Å². The number of carbonyl (C=O) groups is 2. The van der Waals surface area contributed by atoms with E-state index in [-0.39, 0.29) is 35.1 Å². The third-order valence-corrected chi connectivity index (χ3v) is 11.5. The molecule has 0 radical (unpaired) electrons. The molecule has 0 aromatic carbocycles. The summed E-state index contributed by atoms with van der Waals surface area (Å²) in [6.07, 6.45) is 1.96. The van der Waals surface area contributed by atoms with Gasteiger partial charge in [0.05, 0.1) is 25.2 Å². The number of aldehydes is 1. The van der Waals surface area contributed by atoms with Crippen LogP contribution in [0.1, 0.15) is 60.3 Å². The highest BCUT2D eigenvalue weighted by Gasteiger charge is 2.45. The van der Waals surface area contributed by atoms with Crippen molar-refractivity contribution in [2.45, 2.75) is 103 Å². The van der Waals surface area contributed by atoms with Crippen molar-refractivity contribution in [3.8, 4) is 0 Å². The Morgan fingerprint density at radius 2 is 1.74 bits per heavy atom. The Kier molecular flexibility index (Phi) is 10.3. The quantitative estimate of drug-likeness (QED) is 0.196. The fraction of sp³-hybridized carbons (Fsp3) is 0.913. The van der Waals surface area contributed by atoms with Gasteiger partial charge < -0.3 is 28.2 Å². The number of rotatable bonds is 11. The SMILES string of the molecule is COC(=O)[C@@H](C)C[C@H](C)[C@H](C[C@H]1CC(OC)(OC)C[C@@H](C=O)O1)O[Si](C)(C)C(C)(C)C. The summed E-state index contributed by atoms with van der Waals surface area (Å²) < 4.78 is 29.1. The molecule has 0 amide bonds. The summed E-state index contributed by atoms with van der Waals surface area (Å²) in [5.74, 6) is -1.19. The zero-order chi connectivity index (χ0) is 24.0. The summed E-state index contributed by atoms with van der Waals surface area (Å²) in [6.45, 7) is 15.1. The standard InChI is InChI=1S/C23H44O7Si/c1-16(11-17(2)21(25)26-6)20(30-31(9,10)22(3,4)5)12-18-13-23(27-7,28-8)14-19(15-24)29-18/h15-20H,11-14H2,1-10H3/t16-,17-,18-,19-,20-/m0/s1. The summed E-state index contributed by atoms with van der Waals surface area (Å²) in [5.41, 5.74) is 0. The van der Waals surface area contributed by atoms with Crippen LogP contribution >= 0.6 is 0 Å². The molecule has 5 atom stereocenters. The highest BCUT2D eigenvalue weighted by Crippen LogP contribution is 2.41. The van der Waals surface area contributed by atoms with E-state index in [2.05, 4.69) is 40.8 Å². The molecule has 31 heavy (non-hydrogen) atoms. The monoisotopic (exact) mass is 460 g/mol. The lowest BCUT2D eigenvalue weighted by Gasteiger charge is -2.45. The van der Waals surface area contributed by atoms with Crippen LogP contribution in [0.3, 0.4) is 0 Å². The van der Waals surface area contributed by atoms with Crippen LogP contribution in [0.15, 0.2) is 0 Å². The molecule has 182 valence electrons. The second-order valence-electron chi connectivity index (χ2n) is 10.4. The van der Waals surface area contributed by atoms with Gasteiger partial charge in [-0.15, -0.1) is 0 Å². The fourth-order valence-corrected chi connectivity index (χ4v) is 5.37. The minimum atomic E-state index is -2.08. The normalized spacial score (nSPS) is 24.8. The van der Waals surface area contributed by atoms with Crippen LogP contribution in [-0.2, 0) is 33.0 Å². The second kappa shape index (κ2) is 11.4. The molecule has 1 aliphatic heterocycles. The maximum absolute atomic E-state index is 12.0. The Balaban J connectivity index is 3.12. The maximum Gasteiger partial charge on any atom is 0.308 e. The molecular weight excluding hydrogens is 416 g/mol. The van der Waals surface area contributed by atoms with Crippen LogP contribution in [0.4, 0.5) is 0 Å². The summed E-state index contributed by atoms with van der Waals surface area (Å²) >= 11 is 0. The van der Waals surface area contributed by atoms with Gasteiger partial charge in [0.2, 0.25) is 0 Å². The Morgan fingerprint density at radius 3 is 2.19 bits per heavy atom. The van der Waals surface area contributed by atoms with Gasteiger partial charge in [0.25, 0.3) is 0 Å². The van der Waals surface area contributed by atoms with Gasteiger partial charge in [-0.25, -0.2) is 0 Å². The molecule has 0 unspecified atom stereocenters. The Bertz CT molecular complexity index is 583. The van der Waals surface area contributed by atoms with Gasteiger partial charge >= 0.3 is 5.97 Å². The van der Waals surface area contributed by atoms with E-state index in [4.69, 9.17) is 23.4 Å². The maximum atomic E-state index is 12.0. The van der Waals surface area contributed by atoms with Gasteiger partial charge in [0, 0.05) is 27.1 Å². The van der Waals surface area contributed by atoms with Crippen molar-refractivity contribution in [1.82, 2.24) is 0 Å². The van der Waals surface area contributed by atoms with Crippen molar-refractivity contribution >= 4 is 20.6 Å². The molecule has 0 spiro atoms. The lowest BCUT2D eigenvalue weighted by Crippen LogP contribution is -2.51. The highest BCUT2D eigenvalue weighted by atomic mass is 28.4. The number of esters is 1. The van der Waals surface area contributed by atoms with Crippen molar-refractivity contribution in [2.75, 3.05) is 21.3 Å². The molecule has 1 rings (SSSR count). The largest absolute Gasteiger partial charge is 0.469 e. The van der Waals surface area contributed by atoms with E-state index in [0.717, 1.165) is 6.29 Å². The molecule has 0 N–H and O–H groups in total. The molecule has 0 saturated carbocycles. The lowest BCUT2D eigenvalue weighted by molar-refractivity contribution is -0.270. The van der Waals surface area contributed by atoms with E-state index in [9.17, 15) is 9.59 Å². The number of ether oxygens (including phenoxy) is 4. The van der Waals surface area contributed by atoms with Crippen LogP contribution in [0.25, 0.3) is 0 Å². The summed E-state index contributed by atoms with van der Waals surface area (Å²) in [5, 5.41) is 0.0422. The van der Waals surface area contributed by atoms with Crippen molar-refractivity contribution in [2.24, 2.45) is 11.8 Å². The summed E-state index contributed by atoms with van der Waals surface area (Å²) in [6, 6.07) is 0. The smallest absolute Gasteiger partial charge is 0.308 e. The third kappa shape index (κ3) is 7.63. The van der Waals surface area contributed by atoms with Gasteiger partial charge in [-0.3, -0.25) is 4.79 Å². The van der Waals surface area contributed by atoms with Crippen LogP contribution in [0, 0.1) is 11.8 Å². The van der Waals surface area contributed by atoms with Gasteiger partial charge in [0.1, 0.15) is 12.4 Å².